The molecule has 1 aliphatic carbocycles. The van der Waals surface area contributed by atoms with Crippen molar-refractivity contribution in [3.63, 3.8) is 0 Å². The van der Waals surface area contributed by atoms with Crippen molar-refractivity contribution in [3.05, 3.63) is 71.8 Å². The summed E-state index contributed by atoms with van der Waals surface area (Å²) in [5.74, 6) is -0.365. The van der Waals surface area contributed by atoms with E-state index in [4.69, 9.17) is 0 Å². The number of rotatable bonds is 5. The van der Waals surface area contributed by atoms with Gasteiger partial charge in [-0.15, -0.1) is 0 Å². The Morgan fingerprint density at radius 1 is 1.00 bits per heavy atom. The number of anilines is 1. The molecule has 0 spiro atoms. The quantitative estimate of drug-likeness (QED) is 0.456. The number of carbonyl (C=O) groups excluding carboxylic acids is 2. The van der Waals surface area contributed by atoms with E-state index in [1.807, 2.05) is 48.5 Å². The summed E-state index contributed by atoms with van der Waals surface area (Å²) in [6.45, 7) is 1.78. The molecule has 2 amide bonds. The van der Waals surface area contributed by atoms with Gasteiger partial charge in [0.15, 0.2) is 0 Å². The molecule has 3 aromatic rings. The van der Waals surface area contributed by atoms with E-state index in [0.717, 1.165) is 34.9 Å². The van der Waals surface area contributed by atoms with E-state index in [9.17, 15) is 14.7 Å². The smallest absolute Gasteiger partial charge is 0.275 e. The molecule has 1 fully saturated rings. The second-order valence-corrected chi connectivity index (χ2v) is 7.20. The molecule has 0 atom stereocenters. The zero-order valence-corrected chi connectivity index (χ0v) is 16.0. The van der Waals surface area contributed by atoms with Crippen LogP contribution in [-0.4, -0.2) is 22.6 Å². The van der Waals surface area contributed by atoms with Gasteiger partial charge in [0.2, 0.25) is 5.91 Å². The minimum atomic E-state index is -0.485. The highest BCUT2D eigenvalue weighted by Gasteiger charge is 2.29. The summed E-state index contributed by atoms with van der Waals surface area (Å²) in [4.78, 5) is 24.3. The average molecular weight is 387 g/mol. The minimum Gasteiger partial charge on any atom is -0.507 e. The molecule has 0 heterocycles. The Labute approximate surface area is 168 Å². The van der Waals surface area contributed by atoms with E-state index >= 15 is 0 Å². The number of phenols is 1. The number of hydrazone groups is 1. The Morgan fingerprint density at radius 2 is 1.66 bits per heavy atom. The van der Waals surface area contributed by atoms with Crippen molar-refractivity contribution in [2.75, 3.05) is 5.32 Å². The summed E-state index contributed by atoms with van der Waals surface area (Å²) in [7, 11) is 0. The molecule has 4 rings (SSSR count). The Hall–Kier alpha value is -3.67. The number of aromatic hydroxyl groups is 1. The lowest BCUT2D eigenvalue weighted by molar-refractivity contribution is -0.117. The summed E-state index contributed by atoms with van der Waals surface area (Å²) in [5, 5.41) is 18.9. The number of amides is 2. The van der Waals surface area contributed by atoms with Crippen LogP contribution in [0.4, 0.5) is 5.69 Å². The molecular formula is C23H21N3O3. The van der Waals surface area contributed by atoms with Crippen molar-refractivity contribution in [1.82, 2.24) is 5.43 Å². The van der Waals surface area contributed by atoms with Crippen molar-refractivity contribution in [2.45, 2.75) is 19.8 Å². The fraction of sp³-hybridized carbons (Fsp3) is 0.174. The first-order valence-corrected chi connectivity index (χ1v) is 9.49. The largest absolute Gasteiger partial charge is 0.507 e. The third kappa shape index (κ3) is 4.27. The zero-order chi connectivity index (χ0) is 20.4. The van der Waals surface area contributed by atoms with Crippen molar-refractivity contribution < 1.29 is 14.7 Å². The predicted molar refractivity (Wildman–Crippen MR) is 113 cm³/mol. The number of benzene rings is 3. The van der Waals surface area contributed by atoms with Crippen molar-refractivity contribution in [1.29, 1.82) is 0 Å². The van der Waals surface area contributed by atoms with E-state index in [0.29, 0.717) is 5.71 Å². The van der Waals surface area contributed by atoms with Crippen LogP contribution in [0.15, 0.2) is 65.8 Å². The minimum absolute atomic E-state index is 0.0607. The number of fused-ring (bicyclic) bond motifs is 1. The van der Waals surface area contributed by atoms with Gasteiger partial charge in [0.25, 0.3) is 5.91 Å². The number of hydrogen-bond donors (Lipinski definition) is 3. The average Bonchev–Trinajstić information content (AvgIpc) is 3.57. The van der Waals surface area contributed by atoms with E-state index in [2.05, 4.69) is 15.8 Å². The van der Waals surface area contributed by atoms with Crippen LogP contribution in [0.2, 0.25) is 0 Å². The number of carbonyl (C=O) groups is 2. The SMILES string of the molecule is CC(=NNC(=O)c1cc2ccccc2cc1O)c1ccc(NC(=O)C2CC2)cc1. The maximum absolute atomic E-state index is 12.5. The number of hydrogen-bond acceptors (Lipinski definition) is 4. The molecule has 0 saturated heterocycles. The first-order chi connectivity index (χ1) is 14.0. The molecule has 146 valence electrons. The van der Waals surface area contributed by atoms with Crippen molar-refractivity contribution in [2.24, 2.45) is 11.0 Å². The van der Waals surface area contributed by atoms with Crippen LogP contribution < -0.4 is 10.7 Å². The summed E-state index contributed by atoms with van der Waals surface area (Å²) in [5.41, 5.74) is 4.82. The van der Waals surface area contributed by atoms with Crippen LogP contribution in [0, 0.1) is 5.92 Å². The molecule has 3 aromatic carbocycles. The molecule has 1 saturated carbocycles. The van der Waals surface area contributed by atoms with Crippen LogP contribution in [-0.2, 0) is 4.79 Å². The van der Waals surface area contributed by atoms with E-state index in [1.165, 1.54) is 0 Å². The third-order valence-electron chi connectivity index (χ3n) is 4.95. The Morgan fingerprint density at radius 3 is 2.31 bits per heavy atom. The third-order valence-corrected chi connectivity index (χ3v) is 4.95. The molecule has 1 aliphatic rings. The lowest BCUT2D eigenvalue weighted by atomic mass is 10.1. The van der Waals surface area contributed by atoms with Gasteiger partial charge in [0, 0.05) is 11.6 Å². The van der Waals surface area contributed by atoms with E-state index in [1.54, 1.807) is 19.1 Å². The molecule has 3 N–H and O–H groups in total. The van der Waals surface area contributed by atoms with Gasteiger partial charge in [0.1, 0.15) is 5.75 Å². The van der Waals surface area contributed by atoms with Crippen LogP contribution in [0.5, 0.6) is 5.75 Å². The zero-order valence-electron chi connectivity index (χ0n) is 16.0. The van der Waals surface area contributed by atoms with Gasteiger partial charge < -0.3 is 10.4 Å². The predicted octanol–water partition coefficient (Wildman–Crippen LogP) is 4.05. The van der Waals surface area contributed by atoms with E-state index < -0.39 is 5.91 Å². The normalized spacial score (nSPS) is 13.9. The van der Waals surface area contributed by atoms with Crippen LogP contribution >= 0.6 is 0 Å². The Kier molecular flexibility index (Phi) is 4.99. The maximum Gasteiger partial charge on any atom is 0.275 e. The highest BCUT2D eigenvalue weighted by Crippen LogP contribution is 2.30. The number of nitrogens with zero attached hydrogens (tertiary/aromatic N) is 1. The summed E-state index contributed by atoms with van der Waals surface area (Å²) < 4.78 is 0. The summed E-state index contributed by atoms with van der Waals surface area (Å²) in [6.07, 6.45) is 1.92. The molecule has 29 heavy (non-hydrogen) atoms. The second kappa shape index (κ2) is 7.75. The van der Waals surface area contributed by atoms with E-state index in [-0.39, 0.29) is 23.1 Å². The molecule has 0 aliphatic heterocycles. The fourth-order valence-electron chi connectivity index (χ4n) is 3.05. The molecule has 6 nitrogen and oxygen atoms in total. The van der Waals surface area contributed by atoms with Gasteiger partial charge in [-0.25, -0.2) is 5.43 Å². The Balaban J connectivity index is 1.44. The second-order valence-electron chi connectivity index (χ2n) is 7.20. The molecule has 0 aromatic heterocycles. The van der Waals surface area contributed by atoms with Crippen LogP contribution in [0.1, 0.15) is 35.7 Å². The number of phenolic OH excluding ortho intramolecular Hbond substituents is 1. The monoisotopic (exact) mass is 387 g/mol. The first kappa shape index (κ1) is 18.7. The number of nitrogens with one attached hydrogen (secondary N) is 2. The highest BCUT2D eigenvalue weighted by atomic mass is 16.3. The maximum atomic E-state index is 12.5. The summed E-state index contributed by atoms with van der Waals surface area (Å²) in [6, 6.07) is 18.0. The molecule has 0 bridgehead atoms. The van der Waals surface area contributed by atoms with Gasteiger partial charge >= 0.3 is 0 Å². The van der Waals surface area contributed by atoms with Gasteiger partial charge in [-0.1, -0.05) is 36.4 Å². The van der Waals surface area contributed by atoms with Crippen LogP contribution in [0.25, 0.3) is 10.8 Å². The Bertz CT molecular complexity index is 1120. The standard InChI is InChI=1S/C23H21N3O3/c1-14(15-8-10-19(11-9-15)24-22(28)16-6-7-16)25-26-23(29)20-12-17-4-2-3-5-18(17)13-21(20)27/h2-5,8-13,16,27H,6-7H2,1H3,(H,24,28)(H,26,29). The van der Waals surface area contributed by atoms with Gasteiger partial charge in [-0.2, -0.15) is 5.10 Å². The topological polar surface area (TPSA) is 90.8 Å². The van der Waals surface area contributed by atoms with Crippen molar-refractivity contribution in [3.8, 4) is 5.75 Å². The molecular weight excluding hydrogens is 366 g/mol. The summed E-state index contributed by atoms with van der Waals surface area (Å²) >= 11 is 0. The lowest BCUT2D eigenvalue weighted by Gasteiger charge is -2.08. The highest BCUT2D eigenvalue weighted by molar-refractivity contribution is 6.04. The van der Waals surface area contributed by atoms with Gasteiger partial charge in [0.05, 0.1) is 11.3 Å². The molecule has 6 heteroatoms. The first-order valence-electron chi connectivity index (χ1n) is 9.49. The lowest BCUT2D eigenvalue weighted by Crippen LogP contribution is -2.19. The molecule has 0 radical (unpaired) electrons. The van der Waals surface area contributed by atoms with Gasteiger partial charge in [-0.05, 0) is 60.4 Å². The molecule has 0 unspecified atom stereocenters. The fourth-order valence-corrected chi connectivity index (χ4v) is 3.05. The van der Waals surface area contributed by atoms with Gasteiger partial charge in [-0.3, -0.25) is 9.59 Å². The van der Waals surface area contributed by atoms with Crippen LogP contribution in [0.3, 0.4) is 0 Å². The van der Waals surface area contributed by atoms with Crippen molar-refractivity contribution >= 4 is 34.0 Å².